The van der Waals surface area contributed by atoms with E-state index in [-0.39, 0.29) is 5.56 Å². The summed E-state index contributed by atoms with van der Waals surface area (Å²) in [5.74, 6) is 0.344. The van der Waals surface area contributed by atoms with Crippen LogP contribution < -0.4 is 5.56 Å². The Kier molecular flexibility index (Phi) is 4.07. The highest BCUT2D eigenvalue weighted by Gasteiger charge is 2.11. The van der Waals surface area contributed by atoms with Gasteiger partial charge in [-0.2, -0.15) is 4.68 Å². The summed E-state index contributed by atoms with van der Waals surface area (Å²) in [4.78, 5) is 17.2. The standard InChI is InChI=1S/C18H15N5OS/c1-2-11-22-16-10-6-5-9-15(16)19-18(22)25-12-23-17(24)13-7-3-4-8-14(13)20-21-23/h2-10H,1,11-12H2. The fourth-order valence-corrected chi connectivity index (χ4v) is 3.59. The molecule has 2 aromatic heterocycles. The zero-order valence-electron chi connectivity index (χ0n) is 13.4. The molecule has 7 heteroatoms. The van der Waals surface area contributed by atoms with E-state index in [0.29, 0.717) is 23.3 Å². The fourth-order valence-electron chi connectivity index (χ4n) is 2.70. The van der Waals surface area contributed by atoms with Gasteiger partial charge >= 0.3 is 0 Å². The molecule has 124 valence electrons. The molecule has 0 saturated heterocycles. The Morgan fingerprint density at radius 3 is 2.68 bits per heavy atom. The Morgan fingerprint density at radius 2 is 1.84 bits per heavy atom. The molecular formula is C18H15N5OS. The lowest BCUT2D eigenvalue weighted by Crippen LogP contribution is -2.23. The van der Waals surface area contributed by atoms with Crippen LogP contribution in [-0.2, 0) is 12.4 Å². The molecule has 0 aliphatic heterocycles. The van der Waals surface area contributed by atoms with E-state index in [4.69, 9.17) is 0 Å². The predicted octanol–water partition coefficient (Wildman–Crippen LogP) is 3.08. The van der Waals surface area contributed by atoms with Gasteiger partial charge in [0.05, 0.1) is 22.3 Å². The smallest absolute Gasteiger partial charge is 0.278 e. The first-order valence-corrected chi connectivity index (χ1v) is 8.78. The molecule has 4 aromatic rings. The van der Waals surface area contributed by atoms with Gasteiger partial charge in [0.1, 0.15) is 5.52 Å². The van der Waals surface area contributed by atoms with Crippen LogP contribution in [0.15, 0.2) is 71.1 Å². The summed E-state index contributed by atoms with van der Waals surface area (Å²) in [6.07, 6.45) is 1.83. The molecule has 0 amide bonds. The zero-order chi connectivity index (χ0) is 17.2. The van der Waals surface area contributed by atoms with Crippen molar-refractivity contribution in [2.45, 2.75) is 17.6 Å². The van der Waals surface area contributed by atoms with Crippen molar-refractivity contribution < 1.29 is 0 Å². The third kappa shape index (κ3) is 2.83. The number of hydrogen-bond acceptors (Lipinski definition) is 5. The van der Waals surface area contributed by atoms with Gasteiger partial charge in [-0.3, -0.25) is 4.79 Å². The maximum absolute atomic E-state index is 12.5. The van der Waals surface area contributed by atoms with E-state index in [0.717, 1.165) is 16.2 Å². The quantitative estimate of drug-likeness (QED) is 0.409. The number of nitrogens with zero attached hydrogens (tertiary/aromatic N) is 5. The number of rotatable bonds is 5. The number of aromatic nitrogens is 5. The fraction of sp³-hybridized carbons (Fsp3) is 0.111. The largest absolute Gasteiger partial charge is 0.315 e. The maximum atomic E-state index is 12.5. The van der Waals surface area contributed by atoms with E-state index in [1.807, 2.05) is 42.5 Å². The summed E-state index contributed by atoms with van der Waals surface area (Å²) < 4.78 is 3.44. The first-order chi connectivity index (χ1) is 12.3. The minimum absolute atomic E-state index is 0.149. The summed E-state index contributed by atoms with van der Waals surface area (Å²) in [6, 6.07) is 15.2. The molecule has 6 nitrogen and oxygen atoms in total. The molecule has 0 spiro atoms. The van der Waals surface area contributed by atoms with Crippen LogP contribution in [0.4, 0.5) is 0 Å². The van der Waals surface area contributed by atoms with Crippen LogP contribution in [0.2, 0.25) is 0 Å². The molecule has 2 aromatic carbocycles. The van der Waals surface area contributed by atoms with Crippen LogP contribution >= 0.6 is 11.8 Å². The van der Waals surface area contributed by atoms with Gasteiger partial charge in [-0.25, -0.2) is 4.98 Å². The van der Waals surface area contributed by atoms with Crippen molar-refractivity contribution in [2.24, 2.45) is 0 Å². The SMILES string of the molecule is C=CCn1c(SCn2nnc3ccccc3c2=O)nc2ccccc21. The van der Waals surface area contributed by atoms with Gasteiger partial charge in [0.2, 0.25) is 0 Å². The van der Waals surface area contributed by atoms with Gasteiger partial charge in [-0.15, -0.1) is 11.7 Å². The lowest BCUT2D eigenvalue weighted by Gasteiger charge is -2.07. The summed E-state index contributed by atoms with van der Waals surface area (Å²) in [6.45, 7) is 4.47. The Morgan fingerprint density at radius 1 is 1.08 bits per heavy atom. The van der Waals surface area contributed by atoms with Crippen molar-refractivity contribution in [3.63, 3.8) is 0 Å². The lowest BCUT2D eigenvalue weighted by molar-refractivity contribution is 0.641. The third-order valence-corrected chi connectivity index (χ3v) is 4.82. The molecule has 2 heterocycles. The van der Waals surface area contributed by atoms with E-state index in [9.17, 15) is 4.79 Å². The zero-order valence-corrected chi connectivity index (χ0v) is 14.2. The van der Waals surface area contributed by atoms with Crippen molar-refractivity contribution in [1.82, 2.24) is 24.5 Å². The highest BCUT2D eigenvalue weighted by atomic mass is 32.2. The number of hydrogen-bond donors (Lipinski definition) is 0. The third-order valence-electron chi connectivity index (χ3n) is 3.88. The van der Waals surface area contributed by atoms with Gasteiger partial charge in [-0.05, 0) is 24.3 Å². The van der Waals surface area contributed by atoms with E-state index in [2.05, 4.69) is 26.4 Å². The van der Waals surface area contributed by atoms with E-state index < -0.39 is 0 Å². The molecule has 0 bridgehead atoms. The molecule has 0 fully saturated rings. The number of imidazole rings is 1. The van der Waals surface area contributed by atoms with Crippen molar-refractivity contribution in [2.75, 3.05) is 0 Å². The van der Waals surface area contributed by atoms with Crippen LogP contribution in [0, 0.1) is 0 Å². The second-order valence-electron chi connectivity index (χ2n) is 5.47. The Bertz CT molecular complexity index is 1130. The van der Waals surface area contributed by atoms with Crippen molar-refractivity contribution in [3.8, 4) is 0 Å². The number of thioether (sulfide) groups is 1. The molecule has 0 atom stereocenters. The van der Waals surface area contributed by atoms with Gasteiger partial charge in [0.25, 0.3) is 5.56 Å². The lowest BCUT2D eigenvalue weighted by atomic mass is 10.2. The van der Waals surface area contributed by atoms with E-state index >= 15 is 0 Å². The average Bonchev–Trinajstić information content (AvgIpc) is 3.00. The number of fused-ring (bicyclic) bond motifs is 2. The van der Waals surface area contributed by atoms with Crippen molar-refractivity contribution in [1.29, 1.82) is 0 Å². The Labute approximate surface area is 147 Å². The highest BCUT2D eigenvalue weighted by Crippen LogP contribution is 2.24. The minimum Gasteiger partial charge on any atom is -0.315 e. The number of para-hydroxylation sites is 2. The molecule has 0 aliphatic rings. The predicted molar refractivity (Wildman–Crippen MR) is 99.6 cm³/mol. The van der Waals surface area contributed by atoms with Gasteiger partial charge < -0.3 is 4.57 Å². The summed E-state index contributed by atoms with van der Waals surface area (Å²) >= 11 is 1.45. The van der Waals surface area contributed by atoms with Crippen LogP contribution in [0.1, 0.15) is 0 Å². The van der Waals surface area contributed by atoms with Crippen LogP contribution in [-0.4, -0.2) is 24.5 Å². The second kappa shape index (κ2) is 6.52. The Hall–Kier alpha value is -2.93. The minimum atomic E-state index is -0.149. The molecule has 0 saturated carbocycles. The normalized spacial score (nSPS) is 11.2. The molecule has 0 unspecified atom stereocenters. The first-order valence-electron chi connectivity index (χ1n) is 7.79. The van der Waals surface area contributed by atoms with Gasteiger partial charge in [0, 0.05) is 6.54 Å². The Balaban J connectivity index is 1.69. The number of benzene rings is 2. The second-order valence-corrected chi connectivity index (χ2v) is 6.38. The summed E-state index contributed by atoms with van der Waals surface area (Å²) in [7, 11) is 0. The van der Waals surface area contributed by atoms with Gasteiger partial charge in [-0.1, -0.05) is 47.3 Å². The van der Waals surface area contributed by atoms with Crippen molar-refractivity contribution >= 4 is 33.7 Å². The molecule has 25 heavy (non-hydrogen) atoms. The van der Waals surface area contributed by atoms with Gasteiger partial charge in [0.15, 0.2) is 5.16 Å². The molecule has 4 rings (SSSR count). The molecule has 0 N–H and O–H groups in total. The monoisotopic (exact) mass is 349 g/mol. The molecular weight excluding hydrogens is 334 g/mol. The summed E-state index contributed by atoms with van der Waals surface area (Å²) in [5.41, 5.74) is 2.42. The van der Waals surface area contributed by atoms with E-state index in [1.165, 1.54) is 16.4 Å². The average molecular weight is 349 g/mol. The number of allylic oxidation sites excluding steroid dienone is 1. The maximum Gasteiger partial charge on any atom is 0.278 e. The van der Waals surface area contributed by atoms with Crippen molar-refractivity contribution in [3.05, 3.63) is 71.5 Å². The first kappa shape index (κ1) is 15.6. The van der Waals surface area contributed by atoms with Crippen LogP contribution in [0.25, 0.3) is 21.9 Å². The van der Waals surface area contributed by atoms with E-state index in [1.54, 1.807) is 12.1 Å². The van der Waals surface area contributed by atoms with Crippen LogP contribution in [0.3, 0.4) is 0 Å². The topological polar surface area (TPSA) is 65.6 Å². The van der Waals surface area contributed by atoms with Crippen LogP contribution in [0.5, 0.6) is 0 Å². The molecule has 0 radical (unpaired) electrons. The molecule has 0 aliphatic carbocycles. The summed E-state index contributed by atoms with van der Waals surface area (Å²) in [5, 5.41) is 9.53. The highest BCUT2D eigenvalue weighted by molar-refractivity contribution is 7.98.